The van der Waals surface area contributed by atoms with Crippen molar-refractivity contribution in [3.63, 3.8) is 0 Å². The number of pyridine rings is 1. The predicted molar refractivity (Wildman–Crippen MR) is 130 cm³/mol. The number of hydrogen-bond donors (Lipinski definition) is 0. The van der Waals surface area contributed by atoms with Crippen molar-refractivity contribution in [3.05, 3.63) is 59.3 Å². The first kappa shape index (κ1) is 22.3. The van der Waals surface area contributed by atoms with Crippen LogP contribution in [0.25, 0.3) is 22.0 Å². The van der Waals surface area contributed by atoms with Crippen LogP contribution in [0, 0.1) is 0 Å². The van der Waals surface area contributed by atoms with Crippen molar-refractivity contribution in [3.8, 4) is 16.9 Å². The minimum absolute atomic E-state index is 0.0607. The lowest BCUT2D eigenvalue weighted by atomic mass is 9.77. The highest BCUT2D eigenvalue weighted by Crippen LogP contribution is 2.45. The second-order valence-electron chi connectivity index (χ2n) is 11.5. The van der Waals surface area contributed by atoms with Crippen LogP contribution in [0.2, 0.25) is 0 Å². The van der Waals surface area contributed by atoms with Gasteiger partial charge in [0.1, 0.15) is 5.75 Å². The number of aromatic nitrogens is 1. The van der Waals surface area contributed by atoms with E-state index in [1.165, 1.54) is 22.3 Å². The summed E-state index contributed by atoms with van der Waals surface area (Å²) in [5.41, 5.74) is 7.26. The summed E-state index contributed by atoms with van der Waals surface area (Å²) >= 11 is 0. The van der Waals surface area contributed by atoms with Crippen LogP contribution in [0.4, 0.5) is 0 Å². The molecule has 0 atom stereocenters. The molecular formula is C28H37NO. The molecule has 0 spiro atoms. The molecule has 0 aliphatic rings. The molecule has 2 heteroatoms. The Morgan fingerprint density at radius 1 is 0.733 bits per heavy atom. The summed E-state index contributed by atoms with van der Waals surface area (Å²) in [6, 6.07) is 13.4. The van der Waals surface area contributed by atoms with Crippen LogP contribution in [-0.2, 0) is 16.2 Å². The zero-order valence-electron chi connectivity index (χ0n) is 20.4. The highest BCUT2D eigenvalue weighted by Gasteiger charge is 2.27. The molecule has 3 rings (SSSR count). The molecule has 0 aliphatic carbocycles. The third kappa shape index (κ3) is 4.24. The normalized spacial score (nSPS) is 13.0. The number of ether oxygens (including phenoxy) is 1. The van der Waals surface area contributed by atoms with Crippen LogP contribution >= 0.6 is 0 Å². The number of benzene rings is 2. The SMILES string of the molecule is COc1c(-c2cc(C(C)(C)C)cc(C(C)(C)C)c2)cc2ncccc2c1C(C)(C)C. The maximum atomic E-state index is 6.09. The van der Waals surface area contributed by atoms with E-state index < -0.39 is 0 Å². The van der Waals surface area contributed by atoms with E-state index in [-0.39, 0.29) is 16.2 Å². The third-order valence-corrected chi connectivity index (χ3v) is 5.79. The second-order valence-corrected chi connectivity index (χ2v) is 11.5. The maximum absolute atomic E-state index is 6.09. The summed E-state index contributed by atoms with van der Waals surface area (Å²) in [6.07, 6.45) is 1.87. The molecule has 30 heavy (non-hydrogen) atoms. The Bertz CT molecular complexity index is 1040. The number of nitrogens with zero attached hydrogens (tertiary/aromatic N) is 1. The Kier molecular flexibility index (Phi) is 5.52. The Hall–Kier alpha value is -2.35. The predicted octanol–water partition coefficient (Wildman–Crippen LogP) is 7.80. The van der Waals surface area contributed by atoms with E-state index in [0.29, 0.717) is 0 Å². The molecule has 1 aromatic heterocycles. The van der Waals surface area contributed by atoms with Gasteiger partial charge in [-0.15, -0.1) is 0 Å². The minimum atomic E-state index is -0.0723. The first-order valence-corrected chi connectivity index (χ1v) is 10.9. The average molecular weight is 404 g/mol. The highest BCUT2D eigenvalue weighted by atomic mass is 16.5. The van der Waals surface area contributed by atoms with Gasteiger partial charge in [0.15, 0.2) is 0 Å². The van der Waals surface area contributed by atoms with Crippen LogP contribution < -0.4 is 4.74 Å². The summed E-state index contributed by atoms with van der Waals surface area (Å²) in [7, 11) is 1.79. The van der Waals surface area contributed by atoms with Crippen molar-refractivity contribution in [2.24, 2.45) is 0 Å². The Morgan fingerprint density at radius 3 is 1.77 bits per heavy atom. The molecule has 0 radical (unpaired) electrons. The van der Waals surface area contributed by atoms with Crippen molar-refractivity contribution in [1.82, 2.24) is 4.98 Å². The molecule has 0 aliphatic heterocycles. The van der Waals surface area contributed by atoms with E-state index >= 15 is 0 Å². The molecule has 2 nitrogen and oxygen atoms in total. The zero-order valence-corrected chi connectivity index (χ0v) is 20.4. The summed E-state index contributed by atoms with van der Waals surface area (Å²) in [5.74, 6) is 0.953. The molecule has 160 valence electrons. The number of methoxy groups -OCH3 is 1. The van der Waals surface area contributed by atoms with Gasteiger partial charge in [-0.25, -0.2) is 0 Å². The lowest BCUT2D eigenvalue weighted by molar-refractivity contribution is 0.401. The van der Waals surface area contributed by atoms with Crippen LogP contribution in [0.5, 0.6) is 5.75 Å². The van der Waals surface area contributed by atoms with Gasteiger partial charge in [-0.1, -0.05) is 86.6 Å². The molecule has 0 saturated carbocycles. The lowest BCUT2D eigenvalue weighted by Crippen LogP contribution is -2.17. The van der Waals surface area contributed by atoms with Gasteiger partial charge in [-0.2, -0.15) is 0 Å². The summed E-state index contributed by atoms with van der Waals surface area (Å²) < 4.78 is 6.09. The van der Waals surface area contributed by atoms with Crippen molar-refractivity contribution in [1.29, 1.82) is 0 Å². The molecule has 0 amide bonds. The number of hydrogen-bond acceptors (Lipinski definition) is 2. The molecule has 2 aromatic carbocycles. The number of fused-ring (bicyclic) bond motifs is 1. The fourth-order valence-corrected chi connectivity index (χ4v) is 4.02. The molecule has 0 unspecified atom stereocenters. The molecular weight excluding hydrogens is 366 g/mol. The van der Waals surface area contributed by atoms with E-state index in [1.807, 2.05) is 12.3 Å². The van der Waals surface area contributed by atoms with Crippen LogP contribution in [0.3, 0.4) is 0 Å². The van der Waals surface area contributed by atoms with Gasteiger partial charge in [-0.3, -0.25) is 4.98 Å². The summed E-state index contributed by atoms with van der Waals surface area (Å²) in [5, 5.41) is 1.16. The monoisotopic (exact) mass is 403 g/mol. The second kappa shape index (κ2) is 7.41. The molecule has 0 saturated heterocycles. The maximum Gasteiger partial charge on any atom is 0.131 e. The van der Waals surface area contributed by atoms with Gasteiger partial charge in [0.25, 0.3) is 0 Å². The zero-order chi connectivity index (χ0) is 22.5. The highest BCUT2D eigenvalue weighted by molar-refractivity contribution is 5.93. The third-order valence-electron chi connectivity index (χ3n) is 5.79. The van der Waals surface area contributed by atoms with Crippen LogP contribution in [-0.4, -0.2) is 12.1 Å². The van der Waals surface area contributed by atoms with Crippen molar-refractivity contribution in [2.75, 3.05) is 7.11 Å². The topological polar surface area (TPSA) is 22.1 Å². The van der Waals surface area contributed by atoms with Gasteiger partial charge in [0.05, 0.1) is 12.6 Å². The minimum Gasteiger partial charge on any atom is -0.496 e. The average Bonchev–Trinajstić information content (AvgIpc) is 2.63. The van der Waals surface area contributed by atoms with E-state index in [1.54, 1.807) is 7.11 Å². The van der Waals surface area contributed by atoms with Gasteiger partial charge in [0, 0.05) is 22.7 Å². The fraction of sp³-hybridized carbons (Fsp3) is 0.464. The van der Waals surface area contributed by atoms with E-state index in [9.17, 15) is 0 Å². The first-order chi connectivity index (χ1) is 13.7. The quantitative estimate of drug-likeness (QED) is 0.435. The largest absolute Gasteiger partial charge is 0.496 e. The van der Waals surface area contributed by atoms with E-state index in [0.717, 1.165) is 22.2 Å². The van der Waals surface area contributed by atoms with Crippen LogP contribution in [0.15, 0.2) is 42.6 Å². The van der Waals surface area contributed by atoms with Crippen molar-refractivity contribution < 1.29 is 4.74 Å². The smallest absolute Gasteiger partial charge is 0.131 e. The molecule has 3 aromatic rings. The Morgan fingerprint density at radius 2 is 1.30 bits per heavy atom. The van der Waals surface area contributed by atoms with Crippen molar-refractivity contribution in [2.45, 2.75) is 78.6 Å². The molecule has 0 fully saturated rings. The molecule has 1 heterocycles. The van der Waals surface area contributed by atoms with Gasteiger partial charge < -0.3 is 4.74 Å². The van der Waals surface area contributed by atoms with E-state index in [4.69, 9.17) is 9.72 Å². The Balaban J connectivity index is 2.45. The van der Waals surface area contributed by atoms with Crippen molar-refractivity contribution >= 4 is 10.9 Å². The molecule has 0 bridgehead atoms. The van der Waals surface area contributed by atoms with Gasteiger partial charge in [0.2, 0.25) is 0 Å². The fourth-order valence-electron chi connectivity index (χ4n) is 4.02. The summed E-state index contributed by atoms with van der Waals surface area (Å²) in [4.78, 5) is 4.70. The Labute approximate surface area is 182 Å². The molecule has 0 N–H and O–H groups in total. The summed E-state index contributed by atoms with van der Waals surface area (Å²) in [6.45, 7) is 20.4. The lowest BCUT2D eigenvalue weighted by Gasteiger charge is -2.29. The van der Waals surface area contributed by atoms with Gasteiger partial charge >= 0.3 is 0 Å². The van der Waals surface area contributed by atoms with E-state index in [2.05, 4.69) is 92.6 Å². The van der Waals surface area contributed by atoms with Gasteiger partial charge in [-0.05, 0) is 45.1 Å². The standard InChI is InChI=1S/C28H37NO/c1-26(2,3)19-14-18(15-20(16-19)27(4,5)6)22-17-23-21(12-11-13-29-23)24(25(22)30-10)28(7,8)9/h11-17H,1-10H3. The number of rotatable bonds is 2. The first-order valence-electron chi connectivity index (χ1n) is 10.9. The van der Waals surface area contributed by atoms with Crippen LogP contribution in [0.1, 0.15) is 79.0 Å².